The number of rotatable bonds is 3. The van der Waals surface area contributed by atoms with Gasteiger partial charge in [-0.25, -0.2) is 9.50 Å². The zero-order valence-electron chi connectivity index (χ0n) is 11.7. The smallest absolute Gasteiger partial charge is 0.216 e. The summed E-state index contributed by atoms with van der Waals surface area (Å²) < 4.78 is 1.74. The topological polar surface area (TPSA) is 66.9 Å². The molecule has 0 atom stereocenters. The summed E-state index contributed by atoms with van der Waals surface area (Å²) in [6.07, 6.45) is 0. The standard InChI is InChI=1S/C15H13N5S/c1-10-7-11(2)20-14(17-10)18-15(19-20)21-9-13-6-4-3-5-12(13)8-16/h3-7H,9H2,1-2H3. The molecule has 5 nitrogen and oxygen atoms in total. The molecule has 2 aromatic heterocycles. The van der Waals surface area contributed by atoms with Crippen LogP contribution in [-0.2, 0) is 5.75 Å². The fourth-order valence-corrected chi connectivity index (χ4v) is 2.93. The van der Waals surface area contributed by atoms with Gasteiger partial charge in [-0.05, 0) is 31.5 Å². The van der Waals surface area contributed by atoms with Crippen LogP contribution in [0, 0.1) is 25.2 Å². The quantitative estimate of drug-likeness (QED) is 0.695. The van der Waals surface area contributed by atoms with Crippen LogP contribution in [0.4, 0.5) is 0 Å². The first-order chi connectivity index (χ1) is 10.2. The number of thioether (sulfide) groups is 1. The molecule has 104 valence electrons. The molecular weight excluding hydrogens is 282 g/mol. The van der Waals surface area contributed by atoms with Crippen LogP contribution in [0.5, 0.6) is 0 Å². The first-order valence-electron chi connectivity index (χ1n) is 6.49. The fraction of sp³-hybridized carbons (Fsp3) is 0.200. The van der Waals surface area contributed by atoms with Crippen molar-refractivity contribution in [2.45, 2.75) is 24.8 Å². The molecule has 0 fully saturated rings. The molecule has 0 aliphatic heterocycles. The number of hydrogen-bond acceptors (Lipinski definition) is 5. The van der Waals surface area contributed by atoms with Crippen LogP contribution >= 0.6 is 11.8 Å². The minimum Gasteiger partial charge on any atom is -0.216 e. The highest BCUT2D eigenvalue weighted by Crippen LogP contribution is 2.22. The second kappa shape index (κ2) is 5.54. The molecule has 6 heteroatoms. The Kier molecular flexibility index (Phi) is 3.59. The Morgan fingerprint density at radius 3 is 2.86 bits per heavy atom. The van der Waals surface area contributed by atoms with Crippen molar-refractivity contribution in [1.29, 1.82) is 5.26 Å². The number of nitriles is 1. The van der Waals surface area contributed by atoms with Crippen LogP contribution in [0.25, 0.3) is 5.78 Å². The van der Waals surface area contributed by atoms with Crippen molar-refractivity contribution >= 4 is 17.5 Å². The number of fused-ring (bicyclic) bond motifs is 1. The van der Waals surface area contributed by atoms with Gasteiger partial charge in [-0.3, -0.25) is 0 Å². The third-order valence-corrected chi connectivity index (χ3v) is 3.98. The molecular formula is C15H13N5S. The van der Waals surface area contributed by atoms with Gasteiger partial charge in [0, 0.05) is 17.1 Å². The van der Waals surface area contributed by atoms with Gasteiger partial charge in [0.25, 0.3) is 5.78 Å². The predicted octanol–water partition coefficient (Wildman–Crippen LogP) is 2.91. The average Bonchev–Trinajstić information content (AvgIpc) is 2.88. The normalized spacial score (nSPS) is 10.7. The number of hydrogen-bond donors (Lipinski definition) is 0. The number of nitrogens with zero attached hydrogens (tertiary/aromatic N) is 5. The van der Waals surface area contributed by atoms with E-state index in [-0.39, 0.29) is 0 Å². The molecule has 0 aliphatic rings. The van der Waals surface area contributed by atoms with Crippen molar-refractivity contribution in [2.75, 3.05) is 0 Å². The lowest BCUT2D eigenvalue weighted by Gasteiger charge is -2.00. The van der Waals surface area contributed by atoms with E-state index in [2.05, 4.69) is 21.1 Å². The largest absolute Gasteiger partial charge is 0.253 e. The molecule has 0 aliphatic carbocycles. The summed E-state index contributed by atoms with van der Waals surface area (Å²) in [6.45, 7) is 3.92. The lowest BCUT2D eigenvalue weighted by molar-refractivity contribution is 0.843. The van der Waals surface area contributed by atoms with E-state index in [1.807, 2.05) is 44.2 Å². The van der Waals surface area contributed by atoms with E-state index in [1.54, 1.807) is 4.52 Å². The van der Waals surface area contributed by atoms with Crippen LogP contribution in [0.2, 0.25) is 0 Å². The Bertz CT molecular complexity index is 847. The van der Waals surface area contributed by atoms with Gasteiger partial charge in [-0.2, -0.15) is 10.2 Å². The zero-order valence-corrected chi connectivity index (χ0v) is 12.6. The summed E-state index contributed by atoms with van der Waals surface area (Å²) in [5.74, 6) is 1.28. The molecule has 2 heterocycles. The molecule has 0 bridgehead atoms. The van der Waals surface area contributed by atoms with E-state index in [9.17, 15) is 0 Å². The van der Waals surface area contributed by atoms with Crippen LogP contribution in [0.1, 0.15) is 22.5 Å². The van der Waals surface area contributed by atoms with Crippen molar-refractivity contribution in [3.63, 3.8) is 0 Å². The van der Waals surface area contributed by atoms with Crippen molar-refractivity contribution < 1.29 is 0 Å². The highest BCUT2D eigenvalue weighted by molar-refractivity contribution is 7.98. The van der Waals surface area contributed by atoms with Gasteiger partial charge < -0.3 is 0 Å². The van der Waals surface area contributed by atoms with Gasteiger partial charge in [0.1, 0.15) is 0 Å². The van der Waals surface area contributed by atoms with Gasteiger partial charge in [0.2, 0.25) is 5.16 Å². The number of benzene rings is 1. The summed E-state index contributed by atoms with van der Waals surface area (Å²) in [6, 6.07) is 11.8. The third kappa shape index (κ3) is 2.73. The van der Waals surface area contributed by atoms with Crippen LogP contribution < -0.4 is 0 Å². The fourth-order valence-electron chi connectivity index (χ4n) is 2.11. The van der Waals surface area contributed by atoms with E-state index in [0.29, 0.717) is 22.3 Å². The molecule has 1 aromatic carbocycles. The van der Waals surface area contributed by atoms with Gasteiger partial charge in [0.05, 0.1) is 11.6 Å². The Morgan fingerprint density at radius 1 is 1.24 bits per heavy atom. The van der Waals surface area contributed by atoms with E-state index >= 15 is 0 Å². The Morgan fingerprint density at radius 2 is 2.05 bits per heavy atom. The molecule has 3 aromatic rings. The van der Waals surface area contributed by atoms with Gasteiger partial charge in [0.15, 0.2) is 0 Å². The van der Waals surface area contributed by atoms with Gasteiger partial charge in [-0.1, -0.05) is 30.0 Å². The Balaban J connectivity index is 1.86. The highest BCUT2D eigenvalue weighted by Gasteiger charge is 2.09. The summed E-state index contributed by atoms with van der Waals surface area (Å²) in [4.78, 5) is 8.80. The van der Waals surface area contributed by atoms with Gasteiger partial charge in [-0.15, -0.1) is 5.10 Å². The van der Waals surface area contributed by atoms with E-state index in [1.165, 1.54) is 11.8 Å². The first kappa shape index (κ1) is 13.6. The molecule has 0 saturated carbocycles. The molecule has 0 unspecified atom stereocenters. The second-order valence-electron chi connectivity index (χ2n) is 4.70. The summed E-state index contributed by atoms with van der Waals surface area (Å²) in [5, 5.41) is 14.2. The minimum absolute atomic E-state index is 0.614. The number of aryl methyl sites for hydroxylation is 2. The zero-order chi connectivity index (χ0) is 14.8. The highest BCUT2D eigenvalue weighted by atomic mass is 32.2. The second-order valence-corrected chi connectivity index (χ2v) is 5.65. The molecule has 0 N–H and O–H groups in total. The molecule has 3 rings (SSSR count). The molecule has 0 radical (unpaired) electrons. The predicted molar refractivity (Wildman–Crippen MR) is 81.0 cm³/mol. The Hall–Kier alpha value is -2.39. The SMILES string of the molecule is Cc1cc(C)n2nc(SCc3ccccc3C#N)nc2n1. The van der Waals surface area contributed by atoms with Crippen LogP contribution in [0.15, 0.2) is 35.5 Å². The number of aromatic nitrogens is 4. The monoisotopic (exact) mass is 295 g/mol. The van der Waals surface area contributed by atoms with E-state index in [4.69, 9.17) is 5.26 Å². The van der Waals surface area contributed by atoms with E-state index in [0.717, 1.165) is 17.0 Å². The summed E-state index contributed by atoms with van der Waals surface area (Å²) in [7, 11) is 0. The maximum Gasteiger partial charge on any atom is 0.253 e. The third-order valence-electron chi connectivity index (χ3n) is 3.09. The summed E-state index contributed by atoms with van der Waals surface area (Å²) in [5.41, 5.74) is 3.62. The van der Waals surface area contributed by atoms with Crippen molar-refractivity contribution in [2.24, 2.45) is 0 Å². The van der Waals surface area contributed by atoms with Crippen molar-refractivity contribution in [1.82, 2.24) is 19.6 Å². The van der Waals surface area contributed by atoms with E-state index < -0.39 is 0 Å². The molecule has 0 spiro atoms. The maximum atomic E-state index is 9.09. The van der Waals surface area contributed by atoms with Crippen molar-refractivity contribution in [3.05, 3.63) is 52.8 Å². The van der Waals surface area contributed by atoms with Gasteiger partial charge >= 0.3 is 0 Å². The minimum atomic E-state index is 0.614. The lowest BCUT2D eigenvalue weighted by Crippen LogP contribution is -1.97. The molecule has 0 saturated heterocycles. The maximum absolute atomic E-state index is 9.09. The summed E-state index contributed by atoms with van der Waals surface area (Å²) >= 11 is 1.51. The van der Waals surface area contributed by atoms with Crippen molar-refractivity contribution in [3.8, 4) is 6.07 Å². The van der Waals surface area contributed by atoms with Crippen LogP contribution in [-0.4, -0.2) is 19.6 Å². The first-order valence-corrected chi connectivity index (χ1v) is 7.48. The van der Waals surface area contributed by atoms with Crippen LogP contribution in [0.3, 0.4) is 0 Å². The average molecular weight is 295 g/mol. The lowest BCUT2D eigenvalue weighted by atomic mass is 10.1. The Labute approximate surface area is 126 Å². The molecule has 21 heavy (non-hydrogen) atoms. The molecule has 0 amide bonds.